The molecule has 0 radical (unpaired) electrons. The lowest BCUT2D eigenvalue weighted by Gasteiger charge is -2.16. The van der Waals surface area contributed by atoms with Gasteiger partial charge in [0.05, 0.1) is 0 Å². The lowest BCUT2D eigenvalue weighted by molar-refractivity contribution is 0.461. The summed E-state index contributed by atoms with van der Waals surface area (Å²) < 4.78 is 0. The summed E-state index contributed by atoms with van der Waals surface area (Å²) in [6.45, 7) is 7.56. The molecule has 1 atom stereocenters. The van der Waals surface area contributed by atoms with Gasteiger partial charge in [-0.1, -0.05) is 20.3 Å². The zero-order valence-corrected chi connectivity index (χ0v) is 10.1. The summed E-state index contributed by atoms with van der Waals surface area (Å²) in [5, 5.41) is 3.59. The standard InChI is InChI=1S/C13H22N2/c1-4-6-13(5-2)15-10-12-9-14-8-7-11(12)3/h7-9,13,15H,4-6,10H2,1-3H3. The van der Waals surface area contributed by atoms with E-state index in [-0.39, 0.29) is 0 Å². The van der Waals surface area contributed by atoms with Crippen molar-refractivity contribution in [3.8, 4) is 0 Å². The number of aryl methyl sites for hydroxylation is 1. The van der Waals surface area contributed by atoms with E-state index in [0.717, 1.165) is 6.54 Å². The summed E-state index contributed by atoms with van der Waals surface area (Å²) in [7, 11) is 0. The molecule has 0 aliphatic rings. The van der Waals surface area contributed by atoms with Crippen molar-refractivity contribution in [1.82, 2.24) is 10.3 Å². The Morgan fingerprint density at radius 1 is 1.40 bits per heavy atom. The van der Waals surface area contributed by atoms with Gasteiger partial charge in [0.25, 0.3) is 0 Å². The summed E-state index contributed by atoms with van der Waals surface area (Å²) in [5.41, 5.74) is 2.64. The Bertz CT molecular complexity index is 284. The van der Waals surface area contributed by atoms with Gasteiger partial charge in [0.15, 0.2) is 0 Å². The fraction of sp³-hybridized carbons (Fsp3) is 0.615. The number of aromatic nitrogens is 1. The van der Waals surface area contributed by atoms with E-state index in [2.05, 4.69) is 37.1 Å². The van der Waals surface area contributed by atoms with Crippen molar-refractivity contribution in [2.75, 3.05) is 0 Å². The van der Waals surface area contributed by atoms with Crippen LogP contribution in [0.3, 0.4) is 0 Å². The molecule has 0 saturated carbocycles. The van der Waals surface area contributed by atoms with Gasteiger partial charge in [0.1, 0.15) is 0 Å². The second kappa shape index (κ2) is 6.57. The number of hydrogen-bond donors (Lipinski definition) is 1. The molecule has 1 heterocycles. The highest BCUT2D eigenvalue weighted by Gasteiger charge is 2.04. The van der Waals surface area contributed by atoms with Crippen LogP contribution in [0.25, 0.3) is 0 Å². The number of rotatable bonds is 6. The number of nitrogens with one attached hydrogen (secondary N) is 1. The van der Waals surface area contributed by atoms with Crippen LogP contribution >= 0.6 is 0 Å². The zero-order valence-electron chi connectivity index (χ0n) is 10.1. The van der Waals surface area contributed by atoms with Crippen LogP contribution < -0.4 is 5.32 Å². The summed E-state index contributed by atoms with van der Waals surface area (Å²) in [4.78, 5) is 4.16. The van der Waals surface area contributed by atoms with E-state index in [0.29, 0.717) is 6.04 Å². The fourth-order valence-corrected chi connectivity index (χ4v) is 1.74. The highest BCUT2D eigenvalue weighted by Crippen LogP contribution is 2.07. The molecule has 0 saturated heterocycles. The maximum atomic E-state index is 4.16. The van der Waals surface area contributed by atoms with E-state index in [4.69, 9.17) is 0 Å². The average molecular weight is 206 g/mol. The van der Waals surface area contributed by atoms with E-state index in [1.54, 1.807) is 0 Å². The molecular weight excluding hydrogens is 184 g/mol. The van der Waals surface area contributed by atoms with E-state index in [1.165, 1.54) is 30.4 Å². The van der Waals surface area contributed by atoms with Crippen molar-refractivity contribution < 1.29 is 0 Å². The van der Waals surface area contributed by atoms with Crippen LogP contribution in [-0.4, -0.2) is 11.0 Å². The molecule has 1 rings (SSSR count). The van der Waals surface area contributed by atoms with E-state index in [9.17, 15) is 0 Å². The number of nitrogens with zero attached hydrogens (tertiary/aromatic N) is 1. The third-order valence-electron chi connectivity index (χ3n) is 2.86. The van der Waals surface area contributed by atoms with Gasteiger partial charge in [0.2, 0.25) is 0 Å². The smallest absolute Gasteiger partial charge is 0.0315 e. The number of hydrogen-bond acceptors (Lipinski definition) is 2. The molecule has 0 bridgehead atoms. The molecule has 0 spiro atoms. The molecule has 1 aromatic rings. The molecule has 15 heavy (non-hydrogen) atoms. The summed E-state index contributed by atoms with van der Waals surface area (Å²) in [6.07, 6.45) is 7.52. The quantitative estimate of drug-likeness (QED) is 0.773. The topological polar surface area (TPSA) is 24.9 Å². The van der Waals surface area contributed by atoms with Crippen LogP contribution in [0.2, 0.25) is 0 Å². The van der Waals surface area contributed by atoms with Crippen LogP contribution in [-0.2, 0) is 6.54 Å². The first kappa shape index (κ1) is 12.2. The first-order chi connectivity index (χ1) is 7.27. The minimum absolute atomic E-state index is 0.648. The molecule has 1 aromatic heterocycles. The lowest BCUT2D eigenvalue weighted by atomic mass is 10.1. The van der Waals surface area contributed by atoms with E-state index < -0.39 is 0 Å². The summed E-state index contributed by atoms with van der Waals surface area (Å²) >= 11 is 0. The number of pyridine rings is 1. The second-order valence-corrected chi connectivity index (χ2v) is 4.08. The molecule has 84 valence electrons. The maximum Gasteiger partial charge on any atom is 0.0315 e. The molecule has 0 aliphatic heterocycles. The Balaban J connectivity index is 2.45. The van der Waals surface area contributed by atoms with Crippen molar-refractivity contribution >= 4 is 0 Å². The van der Waals surface area contributed by atoms with Crippen LogP contribution in [0, 0.1) is 6.92 Å². The molecule has 0 aliphatic carbocycles. The van der Waals surface area contributed by atoms with Crippen LogP contribution in [0.1, 0.15) is 44.2 Å². The van der Waals surface area contributed by atoms with Crippen molar-refractivity contribution in [1.29, 1.82) is 0 Å². The molecule has 0 aromatic carbocycles. The van der Waals surface area contributed by atoms with Gasteiger partial charge < -0.3 is 5.32 Å². The van der Waals surface area contributed by atoms with Crippen molar-refractivity contribution in [3.63, 3.8) is 0 Å². The minimum Gasteiger partial charge on any atom is -0.310 e. The Morgan fingerprint density at radius 2 is 2.20 bits per heavy atom. The monoisotopic (exact) mass is 206 g/mol. The van der Waals surface area contributed by atoms with Crippen molar-refractivity contribution in [2.24, 2.45) is 0 Å². The highest BCUT2D eigenvalue weighted by molar-refractivity contribution is 5.21. The first-order valence-corrected chi connectivity index (χ1v) is 5.90. The SMILES string of the molecule is CCCC(CC)NCc1cnccc1C. The Labute approximate surface area is 93.1 Å². The Kier molecular flexibility index (Phi) is 5.33. The predicted octanol–water partition coefficient (Wildman–Crippen LogP) is 3.06. The van der Waals surface area contributed by atoms with Gasteiger partial charge in [-0.15, -0.1) is 0 Å². The van der Waals surface area contributed by atoms with E-state index in [1.807, 2.05) is 12.4 Å². The normalized spacial score (nSPS) is 12.7. The molecule has 1 unspecified atom stereocenters. The predicted molar refractivity (Wildman–Crippen MR) is 64.8 cm³/mol. The molecular formula is C13H22N2. The van der Waals surface area contributed by atoms with E-state index >= 15 is 0 Å². The minimum atomic E-state index is 0.648. The lowest BCUT2D eigenvalue weighted by Crippen LogP contribution is -2.27. The largest absolute Gasteiger partial charge is 0.310 e. The van der Waals surface area contributed by atoms with Crippen molar-refractivity contribution in [3.05, 3.63) is 29.6 Å². The summed E-state index contributed by atoms with van der Waals surface area (Å²) in [5.74, 6) is 0. The van der Waals surface area contributed by atoms with Gasteiger partial charge >= 0.3 is 0 Å². The van der Waals surface area contributed by atoms with Gasteiger partial charge in [-0.25, -0.2) is 0 Å². The molecule has 1 N–H and O–H groups in total. The van der Waals surface area contributed by atoms with Crippen molar-refractivity contribution in [2.45, 2.75) is 52.6 Å². The highest BCUT2D eigenvalue weighted by atomic mass is 14.9. The second-order valence-electron chi connectivity index (χ2n) is 4.08. The molecule has 0 amide bonds. The van der Waals surface area contributed by atoms with Gasteiger partial charge in [-0.3, -0.25) is 4.98 Å². The maximum absolute atomic E-state index is 4.16. The Morgan fingerprint density at radius 3 is 2.80 bits per heavy atom. The zero-order chi connectivity index (χ0) is 11.1. The van der Waals surface area contributed by atoms with Gasteiger partial charge in [-0.2, -0.15) is 0 Å². The molecule has 2 nitrogen and oxygen atoms in total. The van der Waals surface area contributed by atoms with Gasteiger partial charge in [0, 0.05) is 25.0 Å². The Hall–Kier alpha value is -0.890. The van der Waals surface area contributed by atoms with Crippen LogP contribution in [0.15, 0.2) is 18.5 Å². The third-order valence-corrected chi connectivity index (χ3v) is 2.86. The van der Waals surface area contributed by atoms with Gasteiger partial charge in [-0.05, 0) is 37.0 Å². The van der Waals surface area contributed by atoms with Crippen LogP contribution in [0.4, 0.5) is 0 Å². The average Bonchev–Trinajstić information content (AvgIpc) is 2.26. The van der Waals surface area contributed by atoms with Crippen LogP contribution in [0.5, 0.6) is 0 Å². The molecule has 0 fully saturated rings. The molecule has 2 heteroatoms. The summed E-state index contributed by atoms with van der Waals surface area (Å²) in [6, 6.07) is 2.72. The third kappa shape index (κ3) is 4.00. The fourth-order valence-electron chi connectivity index (χ4n) is 1.74. The first-order valence-electron chi connectivity index (χ1n) is 5.90.